The molecule has 2 unspecified atom stereocenters. The number of hydrogen-bond donors (Lipinski definition) is 2. The van der Waals surface area contributed by atoms with Gasteiger partial charge in [0.15, 0.2) is 0 Å². The van der Waals surface area contributed by atoms with Crippen LogP contribution in [0.1, 0.15) is 26.7 Å². The second kappa shape index (κ2) is 4.68. The molecule has 0 heterocycles. The van der Waals surface area contributed by atoms with Crippen molar-refractivity contribution in [1.82, 2.24) is 5.32 Å². The zero-order valence-corrected chi connectivity index (χ0v) is 9.13. The van der Waals surface area contributed by atoms with Gasteiger partial charge in [-0.1, -0.05) is 0 Å². The zero-order chi connectivity index (χ0) is 10.7. The Balaban J connectivity index is 2.28. The molecule has 0 aromatic rings. The highest BCUT2D eigenvalue weighted by molar-refractivity contribution is 8.01. The summed E-state index contributed by atoms with van der Waals surface area (Å²) in [5.41, 5.74) is 0. The van der Waals surface area contributed by atoms with Gasteiger partial charge in [0.05, 0.1) is 5.25 Å². The third kappa shape index (κ3) is 3.57. The molecule has 1 aliphatic rings. The molecule has 2 atom stereocenters. The third-order valence-electron chi connectivity index (χ3n) is 2.05. The highest BCUT2D eigenvalue weighted by atomic mass is 32.2. The van der Waals surface area contributed by atoms with Crippen LogP contribution in [0.4, 0.5) is 0 Å². The molecular weight excluding hydrogens is 202 g/mol. The summed E-state index contributed by atoms with van der Waals surface area (Å²) >= 11 is 1.17. The molecular formula is C9H15NO3S. The molecule has 0 bridgehead atoms. The second-order valence-corrected chi connectivity index (χ2v) is 5.23. The summed E-state index contributed by atoms with van der Waals surface area (Å²) in [6.45, 7) is 3.33. The number of amides is 1. The van der Waals surface area contributed by atoms with E-state index >= 15 is 0 Å². The standard InChI is InChI=1S/C9H15NO3S/c1-5(14-6(2)9(12)13)8(11)10-7-3-4-7/h5-7H,3-4H2,1-2H3,(H,10,11)(H,12,13). The van der Waals surface area contributed by atoms with Crippen LogP contribution < -0.4 is 5.32 Å². The first-order valence-electron chi connectivity index (χ1n) is 4.69. The molecule has 1 aliphatic carbocycles. The second-order valence-electron chi connectivity index (χ2n) is 3.54. The van der Waals surface area contributed by atoms with Crippen LogP contribution in [0, 0.1) is 0 Å². The van der Waals surface area contributed by atoms with Crippen LogP contribution in [0.15, 0.2) is 0 Å². The van der Waals surface area contributed by atoms with Crippen molar-refractivity contribution in [2.75, 3.05) is 0 Å². The number of nitrogens with one attached hydrogen (secondary N) is 1. The van der Waals surface area contributed by atoms with Crippen LogP contribution in [0.25, 0.3) is 0 Å². The lowest BCUT2D eigenvalue weighted by Gasteiger charge is -2.13. The summed E-state index contributed by atoms with van der Waals surface area (Å²) in [6.07, 6.45) is 2.11. The number of thioether (sulfide) groups is 1. The quantitative estimate of drug-likeness (QED) is 0.716. The van der Waals surface area contributed by atoms with Crippen molar-refractivity contribution in [3.05, 3.63) is 0 Å². The number of aliphatic carboxylic acids is 1. The van der Waals surface area contributed by atoms with Gasteiger partial charge in [0.25, 0.3) is 0 Å². The predicted molar refractivity (Wildman–Crippen MR) is 55.3 cm³/mol. The Morgan fingerprint density at radius 3 is 2.36 bits per heavy atom. The van der Waals surface area contributed by atoms with E-state index in [1.165, 1.54) is 11.8 Å². The van der Waals surface area contributed by atoms with E-state index in [2.05, 4.69) is 5.32 Å². The van der Waals surface area contributed by atoms with Crippen molar-refractivity contribution in [3.63, 3.8) is 0 Å². The molecule has 0 spiro atoms. The van der Waals surface area contributed by atoms with Crippen molar-refractivity contribution < 1.29 is 14.7 Å². The van der Waals surface area contributed by atoms with Gasteiger partial charge in [-0.05, 0) is 26.7 Å². The summed E-state index contributed by atoms with van der Waals surface area (Å²) < 4.78 is 0. The average molecular weight is 217 g/mol. The van der Waals surface area contributed by atoms with Crippen LogP contribution in [-0.2, 0) is 9.59 Å². The zero-order valence-electron chi connectivity index (χ0n) is 8.32. The van der Waals surface area contributed by atoms with Crippen LogP contribution >= 0.6 is 11.8 Å². The first-order valence-corrected chi connectivity index (χ1v) is 5.63. The molecule has 1 saturated carbocycles. The monoisotopic (exact) mass is 217 g/mol. The molecule has 4 nitrogen and oxygen atoms in total. The molecule has 0 aromatic carbocycles. The van der Waals surface area contributed by atoms with Crippen LogP contribution in [0.3, 0.4) is 0 Å². The molecule has 0 aromatic heterocycles. The number of carboxylic acid groups (broad SMARTS) is 1. The Morgan fingerprint density at radius 1 is 1.36 bits per heavy atom. The van der Waals surface area contributed by atoms with Gasteiger partial charge in [-0.3, -0.25) is 9.59 Å². The van der Waals surface area contributed by atoms with Gasteiger partial charge in [0.2, 0.25) is 5.91 Å². The number of rotatable bonds is 5. The SMILES string of the molecule is CC(SC(C)C(=O)NC1CC1)C(=O)O. The molecule has 80 valence electrons. The van der Waals surface area contributed by atoms with Crippen LogP contribution in [-0.4, -0.2) is 33.5 Å². The van der Waals surface area contributed by atoms with E-state index in [9.17, 15) is 9.59 Å². The third-order valence-corrected chi connectivity index (χ3v) is 3.28. The average Bonchev–Trinajstić information content (AvgIpc) is 2.87. The van der Waals surface area contributed by atoms with Crippen molar-refractivity contribution in [1.29, 1.82) is 0 Å². The minimum atomic E-state index is -0.874. The summed E-state index contributed by atoms with van der Waals surface area (Å²) in [7, 11) is 0. The molecule has 0 saturated heterocycles. The number of carbonyl (C=O) groups excluding carboxylic acids is 1. The minimum absolute atomic E-state index is 0.0504. The molecule has 5 heteroatoms. The lowest BCUT2D eigenvalue weighted by atomic mass is 10.4. The van der Waals surface area contributed by atoms with E-state index in [0.29, 0.717) is 6.04 Å². The van der Waals surface area contributed by atoms with Crippen LogP contribution in [0.5, 0.6) is 0 Å². The normalized spacial score (nSPS) is 19.9. The van der Waals surface area contributed by atoms with Crippen molar-refractivity contribution >= 4 is 23.6 Å². The fraction of sp³-hybridized carbons (Fsp3) is 0.778. The fourth-order valence-corrected chi connectivity index (χ4v) is 1.89. The fourth-order valence-electron chi connectivity index (χ4n) is 0.972. The Bertz CT molecular complexity index is 240. The molecule has 2 N–H and O–H groups in total. The maximum Gasteiger partial charge on any atom is 0.316 e. The van der Waals surface area contributed by atoms with E-state index in [0.717, 1.165) is 12.8 Å². The number of hydrogen-bond acceptors (Lipinski definition) is 3. The topological polar surface area (TPSA) is 66.4 Å². The molecule has 1 amide bonds. The van der Waals surface area contributed by atoms with E-state index in [1.54, 1.807) is 13.8 Å². The van der Waals surface area contributed by atoms with E-state index in [-0.39, 0.29) is 11.2 Å². The van der Waals surface area contributed by atoms with E-state index in [4.69, 9.17) is 5.11 Å². The molecule has 0 radical (unpaired) electrons. The Kier molecular flexibility index (Phi) is 3.80. The largest absolute Gasteiger partial charge is 0.480 e. The van der Waals surface area contributed by atoms with Gasteiger partial charge in [-0.2, -0.15) is 0 Å². The van der Waals surface area contributed by atoms with Crippen LogP contribution in [0.2, 0.25) is 0 Å². The highest BCUT2D eigenvalue weighted by Gasteiger charge is 2.27. The lowest BCUT2D eigenvalue weighted by Crippen LogP contribution is -2.34. The summed E-state index contributed by atoms with van der Waals surface area (Å²) in [5, 5.41) is 10.7. The summed E-state index contributed by atoms with van der Waals surface area (Å²) in [6, 6.07) is 0.339. The maximum absolute atomic E-state index is 11.4. The molecule has 1 rings (SSSR count). The van der Waals surface area contributed by atoms with Gasteiger partial charge in [-0.25, -0.2) is 0 Å². The highest BCUT2D eigenvalue weighted by Crippen LogP contribution is 2.22. The van der Waals surface area contributed by atoms with Gasteiger partial charge in [-0.15, -0.1) is 11.8 Å². The number of carbonyl (C=O) groups is 2. The predicted octanol–water partition coefficient (Wildman–Crippen LogP) is 0.860. The van der Waals surface area contributed by atoms with Gasteiger partial charge >= 0.3 is 5.97 Å². The Labute approximate surface area is 87.4 Å². The van der Waals surface area contributed by atoms with Crippen molar-refractivity contribution in [2.24, 2.45) is 0 Å². The Hall–Kier alpha value is -0.710. The summed E-state index contributed by atoms with van der Waals surface area (Å²) in [5.74, 6) is -0.924. The maximum atomic E-state index is 11.4. The van der Waals surface area contributed by atoms with E-state index < -0.39 is 11.2 Å². The van der Waals surface area contributed by atoms with E-state index in [1.807, 2.05) is 0 Å². The van der Waals surface area contributed by atoms with Crippen molar-refractivity contribution in [3.8, 4) is 0 Å². The molecule has 1 fully saturated rings. The minimum Gasteiger partial charge on any atom is -0.480 e. The lowest BCUT2D eigenvalue weighted by molar-refractivity contribution is -0.136. The number of carboxylic acids is 1. The first kappa shape index (κ1) is 11.4. The van der Waals surface area contributed by atoms with Gasteiger partial charge < -0.3 is 10.4 Å². The summed E-state index contributed by atoms with van der Waals surface area (Å²) in [4.78, 5) is 22.0. The molecule has 14 heavy (non-hydrogen) atoms. The smallest absolute Gasteiger partial charge is 0.316 e. The molecule has 0 aliphatic heterocycles. The van der Waals surface area contributed by atoms with Gasteiger partial charge in [0.1, 0.15) is 5.25 Å². The van der Waals surface area contributed by atoms with Gasteiger partial charge in [0, 0.05) is 6.04 Å². The van der Waals surface area contributed by atoms with Crippen molar-refractivity contribution in [2.45, 2.75) is 43.2 Å². The first-order chi connectivity index (χ1) is 6.50. The Morgan fingerprint density at radius 2 is 1.93 bits per heavy atom.